The van der Waals surface area contributed by atoms with Crippen molar-refractivity contribution in [2.24, 2.45) is 0 Å². The van der Waals surface area contributed by atoms with Crippen LogP contribution in [0, 0.1) is 20.8 Å². The predicted molar refractivity (Wildman–Crippen MR) is 126 cm³/mol. The van der Waals surface area contributed by atoms with E-state index in [0.29, 0.717) is 16.9 Å². The summed E-state index contributed by atoms with van der Waals surface area (Å²) < 4.78 is 5.25. The Kier molecular flexibility index (Phi) is 6.01. The van der Waals surface area contributed by atoms with Gasteiger partial charge >= 0.3 is 0 Å². The van der Waals surface area contributed by atoms with Crippen molar-refractivity contribution in [3.8, 4) is 5.75 Å². The third-order valence-corrected chi connectivity index (χ3v) is 6.10. The van der Waals surface area contributed by atoms with Crippen LogP contribution in [0.25, 0.3) is 5.76 Å². The van der Waals surface area contributed by atoms with Gasteiger partial charge in [0, 0.05) is 24.5 Å². The van der Waals surface area contributed by atoms with Gasteiger partial charge in [-0.15, -0.1) is 0 Å². The lowest BCUT2D eigenvalue weighted by atomic mass is 9.94. The second-order valence-corrected chi connectivity index (χ2v) is 8.32. The number of aliphatic hydroxyl groups is 1. The summed E-state index contributed by atoms with van der Waals surface area (Å²) in [6.07, 6.45) is 3.23. The van der Waals surface area contributed by atoms with Crippen molar-refractivity contribution in [1.82, 2.24) is 9.88 Å². The Bertz CT molecular complexity index is 1260. The summed E-state index contributed by atoms with van der Waals surface area (Å²) in [6, 6.07) is 14.0. The number of nitrogens with zero attached hydrogens (tertiary/aromatic N) is 2. The van der Waals surface area contributed by atoms with Gasteiger partial charge in [-0.2, -0.15) is 0 Å². The zero-order chi connectivity index (χ0) is 23.7. The molecule has 1 amide bonds. The van der Waals surface area contributed by atoms with E-state index in [9.17, 15) is 14.7 Å². The molecule has 1 N–H and O–H groups in total. The third kappa shape index (κ3) is 4.12. The molecule has 168 valence electrons. The summed E-state index contributed by atoms with van der Waals surface area (Å²) in [5.74, 6) is -0.885. The molecule has 3 aromatic rings. The van der Waals surface area contributed by atoms with E-state index in [-0.39, 0.29) is 17.9 Å². The fourth-order valence-electron chi connectivity index (χ4n) is 4.26. The molecule has 1 aliphatic rings. The summed E-state index contributed by atoms with van der Waals surface area (Å²) in [6.45, 7) is 6.05. The predicted octanol–water partition coefficient (Wildman–Crippen LogP) is 4.64. The largest absolute Gasteiger partial charge is 0.507 e. The van der Waals surface area contributed by atoms with Crippen LogP contribution in [0.5, 0.6) is 5.75 Å². The fourth-order valence-corrected chi connectivity index (χ4v) is 4.26. The van der Waals surface area contributed by atoms with Crippen LogP contribution in [0.3, 0.4) is 0 Å². The number of aliphatic hydroxyl groups excluding tert-OH is 1. The maximum Gasteiger partial charge on any atom is 0.295 e. The molecule has 1 saturated heterocycles. The van der Waals surface area contributed by atoms with Crippen LogP contribution in [0.15, 0.2) is 66.5 Å². The zero-order valence-electron chi connectivity index (χ0n) is 19.1. The Hall–Kier alpha value is -3.93. The van der Waals surface area contributed by atoms with Crippen LogP contribution in [-0.2, 0) is 16.1 Å². The van der Waals surface area contributed by atoms with Crippen molar-refractivity contribution in [2.45, 2.75) is 33.4 Å². The molecule has 1 aromatic heterocycles. The first-order valence-corrected chi connectivity index (χ1v) is 10.7. The van der Waals surface area contributed by atoms with Gasteiger partial charge in [0.05, 0.1) is 18.7 Å². The maximum atomic E-state index is 13.2. The number of aromatic nitrogens is 1. The van der Waals surface area contributed by atoms with Gasteiger partial charge in [-0.3, -0.25) is 14.6 Å². The minimum atomic E-state index is -0.727. The van der Waals surface area contributed by atoms with Gasteiger partial charge in [0.25, 0.3) is 11.7 Å². The van der Waals surface area contributed by atoms with Gasteiger partial charge in [-0.25, -0.2) is 0 Å². The lowest BCUT2D eigenvalue weighted by Gasteiger charge is -2.26. The van der Waals surface area contributed by atoms with Crippen LogP contribution in [0.2, 0.25) is 0 Å². The van der Waals surface area contributed by atoms with E-state index >= 15 is 0 Å². The number of carbonyl (C=O) groups excluding carboxylic acids is 2. The summed E-state index contributed by atoms with van der Waals surface area (Å²) in [7, 11) is 1.57. The molecular weight excluding hydrogens is 416 g/mol. The fraction of sp³-hybridized carbons (Fsp3) is 0.222. The number of methoxy groups -OCH3 is 1. The van der Waals surface area contributed by atoms with E-state index in [1.54, 1.807) is 49.8 Å². The summed E-state index contributed by atoms with van der Waals surface area (Å²) >= 11 is 0. The Balaban J connectivity index is 1.88. The smallest absolute Gasteiger partial charge is 0.295 e. The van der Waals surface area contributed by atoms with Crippen LogP contribution in [0.4, 0.5) is 0 Å². The number of likely N-dealkylation sites (tertiary alicyclic amines) is 1. The number of ketones is 1. The average Bonchev–Trinajstić information content (AvgIpc) is 3.06. The van der Waals surface area contributed by atoms with Crippen LogP contribution in [0.1, 0.15) is 39.4 Å². The molecule has 6 heteroatoms. The van der Waals surface area contributed by atoms with Crippen molar-refractivity contribution in [3.05, 3.63) is 99.9 Å². The maximum absolute atomic E-state index is 13.2. The molecule has 0 saturated carbocycles. The third-order valence-electron chi connectivity index (χ3n) is 6.10. The van der Waals surface area contributed by atoms with E-state index in [1.165, 1.54) is 4.90 Å². The molecule has 0 bridgehead atoms. The van der Waals surface area contributed by atoms with Gasteiger partial charge in [0.2, 0.25) is 0 Å². The molecule has 1 unspecified atom stereocenters. The molecule has 33 heavy (non-hydrogen) atoms. The number of carbonyl (C=O) groups is 2. The molecule has 1 aliphatic heterocycles. The van der Waals surface area contributed by atoms with Crippen LogP contribution < -0.4 is 4.74 Å². The van der Waals surface area contributed by atoms with Crippen molar-refractivity contribution in [1.29, 1.82) is 0 Å². The topological polar surface area (TPSA) is 79.7 Å². The number of pyridine rings is 1. The Morgan fingerprint density at radius 2 is 1.73 bits per heavy atom. The zero-order valence-corrected chi connectivity index (χ0v) is 19.1. The Morgan fingerprint density at radius 3 is 2.39 bits per heavy atom. The second-order valence-electron chi connectivity index (χ2n) is 8.32. The standard InChI is InChI=1S/C27H26N2O4/c1-16-5-6-17(2)20(13-16)15-29-24(19-9-11-28-12-10-19)23(26(31)27(29)32)25(30)22-8-7-21(33-4)14-18(22)3/h5-14,24,30H,15H2,1-4H3/b25-23-. The Morgan fingerprint density at radius 1 is 1.00 bits per heavy atom. The number of benzene rings is 2. The number of aryl methyl sites for hydroxylation is 3. The highest BCUT2D eigenvalue weighted by molar-refractivity contribution is 6.46. The minimum Gasteiger partial charge on any atom is -0.507 e. The van der Waals surface area contributed by atoms with E-state index in [2.05, 4.69) is 4.98 Å². The number of rotatable bonds is 5. The number of hydrogen-bond donors (Lipinski definition) is 1. The highest BCUT2D eigenvalue weighted by Crippen LogP contribution is 2.41. The molecule has 0 radical (unpaired) electrons. The first-order chi connectivity index (χ1) is 15.8. The van der Waals surface area contributed by atoms with E-state index in [1.807, 2.05) is 39.0 Å². The Labute approximate surface area is 193 Å². The quantitative estimate of drug-likeness (QED) is 0.354. The molecule has 4 rings (SSSR count). The molecule has 0 spiro atoms. The van der Waals surface area contributed by atoms with Gasteiger partial charge < -0.3 is 14.7 Å². The van der Waals surface area contributed by atoms with E-state index in [0.717, 1.165) is 22.3 Å². The number of amides is 1. The van der Waals surface area contributed by atoms with Crippen molar-refractivity contribution in [2.75, 3.05) is 7.11 Å². The molecule has 2 heterocycles. The lowest BCUT2D eigenvalue weighted by molar-refractivity contribution is -0.140. The second kappa shape index (κ2) is 8.90. The average molecular weight is 443 g/mol. The van der Waals surface area contributed by atoms with E-state index < -0.39 is 17.7 Å². The first-order valence-electron chi connectivity index (χ1n) is 10.7. The van der Waals surface area contributed by atoms with Gasteiger partial charge in [0.15, 0.2) is 0 Å². The van der Waals surface area contributed by atoms with Crippen molar-refractivity contribution in [3.63, 3.8) is 0 Å². The number of ether oxygens (including phenoxy) is 1. The van der Waals surface area contributed by atoms with Gasteiger partial charge in [-0.05, 0) is 73.4 Å². The molecule has 2 aromatic carbocycles. The van der Waals surface area contributed by atoms with Gasteiger partial charge in [-0.1, -0.05) is 23.8 Å². The highest BCUT2D eigenvalue weighted by atomic mass is 16.5. The minimum absolute atomic E-state index is 0.0739. The molecule has 1 atom stereocenters. The van der Waals surface area contributed by atoms with Crippen molar-refractivity contribution < 1.29 is 19.4 Å². The van der Waals surface area contributed by atoms with Crippen molar-refractivity contribution >= 4 is 17.4 Å². The lowest BCUT2D eigenvalue weighted by Crippen LogP contribution is -2.29. The number of hydrogen-bond acceptors (Lipinski definition) is 5. The summed E-state index contributed by atoms with van der Waals surface area (Å²) in [4.78, 5) is 32.1. The summed E-state index contributed by atoms with van der Waals surface area (Å²) in [5, 5.41) is 11.3. The monoisotopic (exact) mass is 442 g/mol. The highest BCUT2D eigenvalue weighted by Gasteiger charge is 2.46. The molecule has 1 fully saturated rings. The molecule has 6 nitrogen and oxygen atoms in total. The SMILES string of the molecule is COc1ccc(/C(O)=C2/C(=O)C(=O)N(Cc3cc(C)ccc3C)C2c2ccncc2)c(C)c1. The van der Waals surface area contributed by atoms with Crippen LogP contribution >= 0.6 is 0 Å². The molecule has 0 aliphatic carbocycles. The van der Waals surface area contributed by atoms with Crippen LogP contribution in [-0.4, -0.2) is 33.8 Å². The first kappa shape index (κ1) is 22.3. The number of Topliss-reactive ketones (excluding diaryl/α,β-unsaturated/α-hetero) is 1. The summed E-state index contributed by atoms with van der Waals surface area (Å²) in [5.41, 5.74) is 5.06. The normalized spacial score (nSPS) is 17.5. The molecular formula is C27H26N2O4. The van der Waals surface area contributed by atoms with Gasteiger partial charge in [0.1, 0.15) is 11.5 Å². The van der Waals surface area contributed by atoms with E-state index in [4.69, 9.17) is 4.74 Å².